The van der Waals surface area contributed by atoms with Gasteiger partial charge in [-0.15, -0.1) is 0 Å². The molecule has 3 nitrogen and oxygen atoms in total. The lowest BCUT2D eigenvalue weighted by Gasteiger charge is -2.09. The van der Waals surface area contributed by atoms with Gasteiger partial charge < -0.3 is 15.2 Å². The summed E-state index contributed by atoms with van der Waals surface area (Å²) < 4.78 is 10.0. The predicted octanol–water partition coefficient (Wildman–Crippen LogP) is 1.56. The normalized spacial score (nSPS) is 9.83. The molecule has 12 heavy (non-hydrogen) atoms. The Hall–Kier alpha value is -1.22. The highest BCUT2D eigenvalue weighted by molar-refractivity contribution is 5.56. The van der Waals surface area contributed by atoms with Crippen molar-refractivity contribution in [3.8, 4) is 5.75 Å². The van der Waals surface area contributed by atoms with E-state index in [9.17, 15) is 0 Å². The number of aryl methyl sites for hydroxylation is 1. The highest BCUT2D eigenvalue weighted by atomic mass is 16.7. The second kappa shape index (κ2) is 3.97. The summed E-state index contributed by atoms with van der Waals surface area (Å²) in [5.41, 5.74) is 7.35. The van der Waals surface area contributed by atoms with E-state index in [-0.39, 0.29) is 6.79 Å². The number of ether oxygens (including phenoxy) is 2. The molecule has 0 fully saturated rings. The lowest BCUT2D eigenvalue weighted by molar-refractivity contribution is 0.0512. The van der Waals surface area contributed by atoms with Gasteiger partial charge in [0.2, 0.25) is 0 Å². The van der Waals surface area contributed by atoms with Crippen LogP contribution in [0.25, 0.3) is 0 Å². The van der Waals surface area contributed by atoms with Crippen molar-refractivity contribution < 1.29 is 9.47 Å². The summed E-state index contributed by atoms with van der Waals surface area (Å²) in [6.45, 7) is 2.18. The molecular formula is C9H13NO2. The summed E-state index contributed by atoms with van der Waals surface area (Å²) in [6, 6.07) is 5.64. The lowest BCUT2D eigenvalue weighted by Crippen LogP contribution is -2.02. The number of hydrogen-bond donors (Lipinski definition) is 1. The monoisotopic (exact) mass is 167 g/mol. The largest absolute Gasteiger partial charge is 0.465 e. The molecular weight excluding hydrogens is 154 g/mol. The molecule has 0 spiro atoms. The quantitative estimate of drug-likeness (QED) is 0.549. The second-order valence-corrected chi connectivity index (χ2v) is 2.54. The molecule has 0 aliphatic heterocycles. The van der Waals surface area contributed by atoms with E-state index in [1.54, 1.807) is 13.2 Å². The molecule has 0 saturated carbocycles. The van der Waals surface area contributed by atoms with Gasteiger partial charge in [-0.2, -0.15) is 0 Å². The minimum atomic E-state index is 0.231. The topological polar surface area (TPSA) is 44.5 Å². The van der Waals surface area contributed by atoms with E-state index < -0.39 is 0 Å². The van der Waals surface area contributed by atoms with E-state index in [0.29, 0.717) is 11.4 Å². The first-order chi connectivity index (χ1) is 5.75. The van der Waals surface area contributed by atoms with Gasteiger partial charge in [-0.1, -0.05) is 12.1 Å². The van der Waals surface area contributed by atoms with Crippen molar-refractivity contribution in [2.24, 2.45) is 0 Å². The summed E-state index contributed by atoms with van der Waals surface area (Å²) >= 11 is 0. The third-order valence-electron chi connectivity index (χ3n) is 1.56. The lowest BCUT2D eigenvalue weighted by atomic mass is 10.2. The smallest absolute Gasteiger partial charge is 0.188 e. The van der Waals surface area contributed by atoms with Crippen molar-refractivity contribution in [2.75, 3.05) is 19.6 Å². The Kier molecular flexibility index (Phi) is 2.94. The maximum atomic E-state index is 5.68. The molecule has 66 valence electrons. The number of rotatable bonds is 3. The third kappa shape index (κ3) is 1.89. The van der Waals surface area contributed by atoms with Crippen LogP contribution in [0.1, 0.15) is 5.56 Å². The Morgan fingerprint density at radius 3 is 2.75 bits per heavy atom. The molecule has 1 rings (SSSR count). The summed E-state index contributed by atoms with van der Waals surface area (Å²) in [6.07, 6.45) is 0. The Balaban J connectivity index is 2.81. The van der Waals surface area contributed by atoms with Crippen LogP contribution in [-0.2, 0) is 4.74 Å². The first kappa shape index (κ1) is 8.87. The molecule has 0 atom stereocenters. The van der Waals surface area contributed by atoms with E-state index in [1.807, 2.05) is 19.1 Å². The van der Waals surface area contributed by atoms with Gasteiger partial charge in [0.25, 0.3) is 0 Å². The SMILES string of the molecule is COCOc1c(C)cccc1N. The fourth-order valence-corrected chi connectivity index (χ4v) is 0.990. The van der Waals surface area contributed by atoms with Crippen LogP contribution < -0.4 is 10.5 Å². The zero-order valence-corrected chi connectivity index (χ0v) is 7.33. The molecule has 0 aliphatic rings. The van der Waals surface area contributed by atoms with Crippen molar-refractivity contribution in [3.05, 3.63) is 23.8 Å². The Labute approximate surface area is 72.1 Å². The van der Waals surface area contributed by atoms with E-state index in [4.69, 9.17) is 15.2 Å². The average Bonchev–Trinajstić information content (AvgIpc) is 2.04. The zero-order valence-electron chi connectivity index (χ0n) is 7.33. The summed E-state index contributed by atoms with van der Waals surface area (Å²) in [7, 11) is 1.58. The van der Waals surface area contributed by atoms with Crippen LogP contribution in [-0.4, -0.2) is 13.9 Å². The van der Waals surface area contributed by atoms with Crippen LogP contribution in [0.4, 0.5) is 5.69 Å². The highest BCUT2D eigenvalue weighted by Gasteiger charge is 2.02. The number of nitrogen functional groups attached to an aromatic ring is 1. The summed E-state index contributed by atoms with van der Waals surface area (Å²) in [4.78, 5) is 0. The number of benzene rings is 1. The van der Waals surface area contributed by atoms with Crippen LogP contribution in [0.15, 0.2) is 18.2 Å². The van der Waals surface area contributed by atoms with E-state index in [2.05, 4.69) is 0 Å². The van der Waals surface area contributed by atoms with E-state index in [1.165, 1.54) is 0 Å². The molecule has 0 aromatic heterocycles. The van der Waals surface area contributed by atoms with Crippen LogP contribution in [0, 0.1) is 6.92 Å². The third-order valence-corrected chi connectivity index (χ3v) is 1.56. The van der Waals surface area contributed by atoms with Crippen LogP contribution in [0.5, 0.6) is 5.75 Å². The predicted molar refractivity (Wildman–Crippen MR) is 48.1 cm³/mol. The molecule has 0 heterocycles. The van der Waals surface area contributed by atoms with Crippen LogP contribution >= 0.6 is 0 Å². The first-order valence-electron chi connectivity index (χ1n) is 3.72. The molecule has 1 aromatic rings. The summed E-state index contributed by atoms with van der Waals surface area (Å²) in [5.74, 6) is 0.708. The number of nitrogens with two attached hydrogens (primary N) is 1. The van der Waals surface area contributed by atoms with Crippen molar-refractivity contribution in [3.63, 3.8) is 0 Å². The Morgan fingerprint density at radius 2 is 2.17 bits per heavy atom. The molecule has 2 N–H and O–H groups in total. The van der Waals surface area contributed by atoms with Gasteiger partial charge in [-0.25, -0.2) is 0 Å². The van der Waals surface area contributed by atoms with Gasteiger partial charge in [0, 0.05) is 7.11 Å². The molecule has 0 amide bonds. The van der Waals surface area contributed by atoms with Crippen molar-refractivity contribution in [1.29, 1.82) is 0 Å². The second-order valence-electron chi connectivity index (χ2n) is 2.54. The minimum Gasteiger partial charge on any atom is -0.465 e. The van der Waals surface area contributed by atoms with Crippen molar-refractivity contribution in [2.45, 2.75) is 6.92 Å². The molecule has 0 radical (unpaired) electrons. The molecule has 0 unspecified atom stereocenters. The van der Waals surface area contributed by atoms with Gasteiger partial charge in [-0.3, -0.25) is 0 Å². The fourth-order valence-electron chi connectivity index (χ4n) is 0.990. The van der Waals surface area contributed by atoms with Gasteiger partial charge >= 0.3 is 0 Å². The van der Waals surface area contributed by atoms with Gasteiger partial charge in [-0.05, 0) is 18.6 Å². The summed E-state index contributed by atoms with van der Waals surface area (Å²) in [5, 5.41) is 0. The molecule has 0 aliphatic carbocycles. The number of hydrogen-bond acceptors (Lipinski definition) is 3. The maximum absolute atomic E-state index is 5.68. The maximum Gasteiger partial charge on any atom is 0.188 e. The molecule has 0 bridgehead atoms. The van der Waals surface area contributed by atoms with Gasteiger partial charge in [0.15, 0.2) is 6.79 Å². The number of para-hydroxylation sites is 1. The standard InChI is InChI=1S/C9H13NO2/c1-7-4-3-5-8(10)9(7)12-6-11-2/h3-5H,6,10H2,1-2H3. The Morgan fingerprint density at radius 1 is 1.42 bits per heavy atom. The van der Waals surface area contributed by atoms with Crippen molar-refractivity contribution in [1.82, 2.24) is 0 Å². The van der Waals surface area contributed by atoms with Crippen LogP contribution in [0.3, 0.4) is 0 Å². The van der Waals surface area contributed by atoms with Gasteiger partial charge in [0.1, 0.15) is 5.75 Å². The number of methoxy groups -OCH3 is 1. The molecule has 0 saturated heterocycles. The zero-order chi connectivity index (χ0) is 8.97. The number of anilines is 1. The molecule has 1 aromatic carbocycles. The fraction of sp³-hybridized carbons (Fsp3) is 0.333. The first-order valence-corrected chi connectivity index (χ1v) is 3.72. The van der Waals surface area contributed by atoms with E-state index >= 15 is 0 Å². The van der Waals surface area contributed by atoms with E-state index in [0.717, 1.165) is 5.56 Å². The van der Waals surface area contributed by atoms with Crippen molar-refractivity contribution >= 4 is 5.69 Å². The molecule has 3 heteroatoms. The Bertz CT molecular complexity index is 240. The minimum absolute atomic E-state index is 0.231. The highest BCUT2D eigenvalue weighted by Crippen LogP contribution is 2.24. The van der Waals surface area contributed by atoms with Gasteiger partial charge in [0.05, 0.1) is 5.69 Å². The average molecular weight is 167 g/mol. The van der Waals surface area contributed by atoms with Crippen LogP contribution in [0.2, 0.25) is 0 Å².